The maximum atomic E-state index is 13.2. The molecule has 0 radical (unpaired) electrons. The van der Waals surface area contributed by atoms with E-state index in [4.69, 9.17) is 11.6 Å². The second-order valence-electron chi connectivity index (χ2n) is 8.61. The molecule has 2 amide bonds. The second kappa shape index (κ2) is 12.3. The van der Waals surface area contributed by atoms with Crippen LogP contribution in [-0.4, -0.2) is 34.6 Å². The number of hydrogen-bond acceptors (Lipinski definition) is 3. The summed E-state index contributed by atoms with van der Waals surface area (Å²) in [4.78, 5) is 27.9. The third-order valence-corrected chi connectivity index (χ3v) is 7.39. The highest BCUT2D eigenvalue weighted by atomic mass is 35.5. The third-order valence-electron chi connectivity index (χ3n) is 6.03. The van der Waals surface area contributed by atoms with E-state index < -0.39 is 6.04 Å². The van der Waals surface area contributed by atoms with Crippen LogP contribution in [0, 0.1) is 6.92 Å². The quantitative estimate of drug-likeness (QED) is 0.505. The fourth-order valence-corrected chi connectivity index (χ4v) is 5.05. The largest absolute Gasteiger partial charge is 0.352 e. The molecule has 1 saturated carbocycles. The van der Waals surface area contributed by atoms with Gasteiger partial charge >= 0.3 is 0 Å². The van der Waals surface area contributed by atoms with Crippen LogP contribution in [-0.2, 0) is 21.9 Å². The maximum absolute atomic E-state index is 13.2. The van der Waals surface area contributed by atoms with Gasteiger partial charge in [0.15, 0.2) is 0 Å². The van der Waals surface area contributed by atoms with Gasteiger partial charge in [-0.1, -0.05) is 78.9 Å². The lowest BCUT2D eigenvalue weighted by molar-refractivity contribution is -0.139. The summed E-state index contributed by atoms with van der Waals surface area (Å²) in [6.45, 7) is 4.20. The van der Waals surface area contributed by atoms with Gasteiger partial charge in [0.1, 0.15) is 6.04 Å². The highest BCUT2D eigenvalue weighted by Gasteiger charge is 2.28. The molecule has 1 N–H and O–H groups in total. The summed E-state index contributed by atoms with van der Waals surface area (Å²) < 4.78 is 0. The number of nitrogens with zero attached hydrogens (tertiary/aromatic N) is 1. The Bertz CT molecular complexity index is 897. The molecule has 2 aromatic rings. The van der Waals surface area contributed by atoms with Crippen LogP contribution in [0.2, 0.25) is 5.02 Å². The van der Waals surface area contributed by atoms with E-state index in [9.17, 15) is 9.59 Å². The Morgan fingerprint density at radius 3 is 2.47 bits per heavy atom. The summed E-state index contributed by atoms with van der Waals surface area (Å²) in [5.74, 6) is 0.947. The Hall–Kier alpha value is -1.98. The van der Waals surface area contributed by atoms with Crippen molar-refractivity contribution in [3.63, 3.8) is 0 Å². The minimum absolute atomic E-state index is 0.0478. The highest BCUT2D eigenvalue weighted by molar-refractivity contribution is 7.99. The van der Waals surface area contributed by atoms with Crippen LogP contribution in [0.4, 0.5) is 0 Å². The zero-order valence-electron chi connectivity index (χ0n) is 19.0. The van der Waals surface area contributed by atoms with E-state index in [1.807, 2.05) is 31.2 Å². The number of thioether (sulfide) groups is 1. The minimum atomic E-state index is -0.555. The molecule has 172 valence electrons. The Morgan fingerprint density at radius 2 is 1.78 bits per heavy atom. The van der Waals surface area contributed by atoms with E-state index in [2.05, 4.69) is 36.5 Å². The van der Waals surface area contributed by atoms with E-state index >= 15 is 0 Å². The summed E-state index contributed by atoms with van der Waals surface area (Å²) in [5, 5.41) is 3.78. The SMILES string of the molecule is Cc1ccc(CSCC(=O)N(Cc2ccccc2Cl)[C@@H](C)C(=O)NC2CCCCC2)cc1. The first kappa shape index (κ1) is 24.7. The van der Waals surface area contributed by atoms with E-state index in [1.54, 1.807) is 16.7 Å². The number of rotatable bonds is 9. The van der Waals surface area contributed by atoms with Gasteiger partial charge in [-0.3, -0.25) is 9.59 Å². The molecule has 2 aromatic carbocycles. The zero-order valence-corrected chi connectivity index (χ0v) is 20.6. The number of carbonyl (C=O) groups excluding carboxylic acids is 2. The molecular weight excluding hydrogens is 440 g/mol. The predicted molar refractivity (Wildman–Crippen MR) is 134 cm³/mol. The lowest BCUT2D eigenvalue weighted by Gasteiger charge is -2.31. The molecule has 0 bridgehead atoms. The molecule has 0 heterocycles. The molecule has 4 nitrogen and oxygen atoms in total. The number of benzene rings is 2. The van der Waals surface area contributed by atoms with Gasteiger partial charge in [-0.05, 0) is 43.9 Å². The summed E-state index contributed by atoms with van der Waals surface area (Å²) in [6, 6.07) is 15.5. The molecule has 6 heteroatoms. The number of amides is 2. The first-order valence-corrected chi connectivity index (χ1v) is 12.9. The predicted octanol–water partition coefficient (Wildman–Crippen LogP) is 5.75. The Kier molecular flexibility index (Phi) is 9.49. The molecule has 1 aliphatic rings. The summed E-state index contributed by atoms with van der Waals surface area (Å²) in [5.41, 5.74) is 3.26. The van der Waals surface area contributed by atoms with Gasteiger partial charge in [-0.15, -0.1) is 11.8 Å². The molecule has 3 rings (SSSR count). The average molecular weight is 473 g/mol. The Balaban J connectivity index is 1.65. The first-order chi connectivity index (χ1) is 15.4. The van der Waals surface area contributed by atoms with Gasteiger partial charge in [-0.25, -0.2) is 0 Å². The van der Waals surface area contributed by atoms with Crippen molar-refractivity contribution in [2.24, 2.45) is 0 Å². The van der Waals surface area contributed by atoms with Crippen LogP contribution in [0.1, 0.15) is 55.7 Å². The standard InChI is InChI=1S/C26H33ClN2O2S/c1-19-12-14-21(15-13-19)17-32-18-25(30)29(16-22-8-6-7-11-24(22)27)20(2)26(31)28-23-9-4-3-5-10-23/h6-8,11-15,20,23H,3-5,9-10,16-18H2,1-2H3,(H,28,31)/t20-/m0/s1. The third kappa shape index (κ3) is 7.28. The van der Waals surface area contributed by atoms with Gasteiger partial charge < -0.3 is 10.2 Å². The number of carbonyl (C=O) groups is 2. The number of nitrogens with one attached hydrogen (secondary N) is 1. The van der Waals surface area contributed by atoms with Crippen LogP contribution in [0.15, 0.2) is 48.5 Å². The highest BCUT2D eigenvalue weighted by Crippen LogP contribution is 2.22. The molecule has 0 unspecified atom stereocenters. The van der Waals surface area contributed by atoms with Crippen LogP contribution in [0.3, 0.4) is 0 Å². The molecule has 1 atom stereocenters. The molecule has 1 aliphatic carbocycles. The van der Waals surface area contributed by atoms with E-state index in [0.717, 1.165) is 37.0 Å². The van der Waals surface area contributed by atoms with Gasteiger partial charge in [-0.2, -0.15) is 0 Å². The summed E-state index contributed by atoms with van der Waals surface area (Å²) in [7, 11) is 0. The summed E-state index contributed by atoms with van der Waals surface area (Å²) >= 11 is 7.94. The number of aryl methyl sites for hydroxylation is 1. The fourth-order valence-electron chi connectivity index (χ4n) is 3.98. The Labute approximate surface area is 201 Å². The van der Waals surface area contributed by atoms with Crippen molar-refractivity contribution in [1.29, 1.82) is 0 Å². The van der Waals surface area contributed by atoms with Crippen molar-refractivity contribution in [2.45, 2.75) is 70.3 Å². The van der Waals surface area contributed by atoms with Crippen molar-refractivity contribution in [3.05, 3.63) is 70.2 Å². The molecule has 32 heavy (non-hydrogen) atoms. The molecule has 1 fully saturated rings. The van der Waals surface area contributed by atoms with Crippen molar-refractivity contribution in [1.82, 2.24) is 10.2 Å². The smallest absolute Gasteiger partial charge is 0.242 e. The van der Waals surface area contributed by atoms with Crippen molar-refractivity contribution < 1.29 is 9.59 Å². The maximum Gasteiger partial charge on any atom is 0.242 e. The molecular formula is C26H33ClN2O2S. The van der Waals surface area contributed by atoms with Gasteiger partial charge in [0, 0.05) is 23.4 Å². The van der Waals surface area contributed by atoms with Crippen molar-refractivity contribution >= 4 is 35.2 Å². The zero-order chi connectivity index (χ0) is 22.9. The minimum Gasteiger partial charge on any atom is -0.352 e. The van der Waals surface area contributed by atoms with Crippen LogP contribution in [0.25, 0.3) is 0 Å². The Morgan fingerprint density at radius 1 is 1.09 bits per heavy atom. The first-order valence-electron chi connectivity index (χ1n) is 11.4. The molecule has 0 saturated heterocycles. The van der Waals surface area contributed by atoms with Gasteiger partial charge in [0.25, 0.3) is 0 Å². The second-order valence-corrected chi connectivity index (χ2v) is 10.0. The fraction of sp³-hybridized carbons (Fsp3) is 0.462. The van der Waals surface area contributed by atoms with Gasteiger partial charge in [0.05, 0.1) is 5.75 Å². The van der Waals surface area contributed by atoms with Crippen LogP contribution < -0.4 is 5.32 Å². The lowest BCUT2D eigenvalue weighted by atomic mass is 9.95. The van der Waals surface area contributed by atoms with E-state index in [-0.39, 0.29) is 17.9 Å². The van der Waals surface area contributed by atoms with Crippen molar-refractivity contribution in [2.75, 3.05) is 5.75 Å². The summed E-state index contributed by atoms with van der Waals surface area (Å²) in [6.07, 6.45) is 5.57. The lowest BCUT2D eigenvalue weighted by Crippen LogP contribution is -2.50. The molecule has 0 spiro atoms. The normalized spacial score (nSPS) is 15.2. The molecule has 0 aliphatic heterocycles. The molecule has 0 aromatic heterocycles. The van der Waals surface area contributed by atoms with E-state index in [1.165, 1.54) is 17.5 Å². The van der Waals surface area contributed by atoms with Gasteiger partial charge in [0.2, 0.25) is 11.8 Å². The number of halogens is 1. The monoisotopic (exact) mass is 472 g/mol. The van der Waals surface area contributed by atoms with E-state index in [0.29, 0.717) is 17.3 Å². The van der Waals surface area contributed by atoms with Crippen LogP contribution >= 0.6 is 23.4 Å². The van der Waals surface area contributed by atoms with Crippen LogP contribution in [0.5, 0.6) is 0 Å². The van der Waals surface area contributed by atoms with Crippen molar-refractivity contribution in [3.8, 4) is 0 Å². The average Bonchev–Trinajstić information content (AvgIpc) is 2.80. The topological polar surface area (TPSA) is 49.4 Å². The number of hydrogen-bond donors (Lipinski definition) is 1.